The van der Waals surface area contributed by atoms with Gasteiger partial charge in [-0.05, 0) is 59.5 Å². The zero-order valence-corrected chi connectivity index (χ0v) is 20.9. The van der Waals surface area contributed by atoms with Crippen molar-refractivity contribution in [3.8, 4) is 28.6 Å². The zero-order valence-electron chi connectivity index (χ0n) is 20.1. The zero-order chi connectivity index (χ0) is 25.3. The van der Waals surface area contributed by atoms with Crippen LogP contribution in [0.25, 0.3) is 22.3 Å². The Hall–Kier alpha value is -3.77. The van der Waals surface area contributed by atoms with E-state index in [1.54, 1.807) is 42.5 Å². The predicted octanol–water partition coefficient (Wildman–Crippen LogP) is 6.65. The summed E-state index contributed by atoms with van der Waals surface area (Å²) in [6, 6.07) is 16.8. The molecule has 6 nitrogen and oxygen atoms in total. The van der Waals surface area contributed by atoms with Gasteiger partial charge in [0.05, 0.1) is 25.2 Å². The first-order valence-corrected chi connectivity index (χ1v) is 11.3. The molecule has 0 aliphatic heterocycles. The number of ether oxygens (including phenoxy) is 3. The molecule has 0 aliphatic carbocycles. The molecular formula is C28H25ClO6. The predicted molar refractivity (Wildman–Crippen MR) is 136 cm³/mol. The Balaban J connectivity index is 1.85. The number of methoxy groups -OCH3 is 2. The van der Waals surface area contributed by atoms with Crippen LogP contribution >= 0.6 is 11.6 Å². The van der Waals surface area contributed by atoms with E-state index in [0.717, 1.165) is 5.56 Å². The molecular weight excluding hydrogens is 468 g/mol. The second-order valence-corrected chi connectivity index (χ2v) is 9.45. The van der Waals surface area contributed by atoms with Gasteiger partial charge < -0.3 is 18.6 Å². The molecule has 3 aromatic carbocycles. The van der Waals surface area contributed by atoms with Crippen LogP contribution in [0.2, 0.25) is 5.02 Å². The average molecular weight is 493 g/mol. The van der Waals surface area contributed by atoms with Crippen molar-refractivity contribution in [2.45, 2.75) is 26.2 Å². The molecule has 0 amide bonds. The minimum Gasteiger partial charge on any atom is -0.493 e. The summed E-state index contributed by atoms with van der Waals surface area (Å²) >= 11 is 6.11. The first-order valence-electron chi connectivity index (χ1n) is 10.9. The van der Waals surface area contributed by atoms with E-state index in [0.29, 0.717) is 33.2 Å². The number of carbonyl (C=O) groups excluding carboxylic acids is 1. The summed E-state index contributed by atoms with van der Waals surface area (Å²) in [4.78, 5) is 26.5. The van der Waals surface area contributed by atoms with Crippen molar-refractivity contribution >= 4 is 28.5 Å². The molecule has 35 heavy (non-hydrogen) atoms. The number of hydrogen-bond acceptors (Lipinski definition) is 6. The van der Waals surface area contributed by atoms with Crippen LogP contribution in [0.15, 0.2) is 69.9 Å². The Morgan fingerprint density at radius 2 is 1.57 bits per heavy atom. The van der Waals surface area contributed by atoms with E-state index in [1.165, 1.54) is 20.3 Å². The van der Waals surface area contributed by atoms with E-state index in [-0.39, 0.29) is 22.3 Å². The SMILES string of the molecule is COc1ccc(-c2oc3ccc(Cl)cc3c(=O)c2OC(=O)c2ccc(C(C)(C)C)cc2)cc1OC. The maximum atomic E-state index is 13.5. The van der Waals surface area contributed by atoms with Crippen LogP contribution in [0.4, 0.5) is 0 Å². The Morgan fingerprint density at radius 3 is 2.20 bits per heavy atom. The maximum Gasteiger partial charge on any atom is 0.343 e. The lowest BCUT2D eigenvalue weighted by Crippen LogP contribution is -2.17. The van der Waals surface area contributed by atoms with E-state index in [4.69, 9.17) is 30.2 Å². The summed E-state index contributed by atoms with van der Waals surface area (Å²) in [7, 11) is 3.03. The molecule has 7 heteroatoms. The molecule has 0 radical (unpaired) electrons. The number of hydrogen-bond donors (Lipinski definition) is 0. The Bertz CT molecular complexity index is 1460. The number of carbonyl (C=O) groups is 1. The first kappa shape index (κ1) is 24.4. The first-order chi connectivity index (χ1) is 16.6. The molecule has 0 spiro atoms. The van der Waals surface area contributed by atoms with Crippen LogP contribution in [0.1, 0.15) is 36.7 Å². The molecule has 0 fully saturated rings. The lowest BCUT2D eigenvalue weighted by molar-refractivity contribution is 0.0731. The van der Waals surface area contributed by atoms with E-state index in [1.807, 2.05) is 12.1 Å². The summed E-state index contributed by atoms with van der Waals surface area (Å²) < 4.78 is 22.4. The maximum absolute atomic E-state index is 13.5. The van der Waals surface area contributed by atoms with Crippen LogP contribution in [0, 0.1) is 0 Å². The molecule has 0 saturated heterocycles. The van der Waals surface area contributed by atoms with Crippen molar-refractivity contribution in [3.63, 3.8) is 0 Å². The largest absolute Gasteiger partial charge is 0.493 e. The number of rotatable bonds is 5. The summed E-state index contributed by atoms with van der Waals surface area (Å²) in [5.41, 5.74) is 1.57. The molecule has 0 unspecified atom stereocenters. The highest BCUT2D eigenvalue weighted by Gasteiger charge is 2.23. The Morgan fingerprint density at radius 1 is 0.886 bits per heavy atom. The van der Waals surface area contributed by atoms with Gasteiger partial charge in [0.25, 0.3) is 0 Å². The van der Waals surface area contributed by atoms with Crippen molar-refractivity contribution in [1.29, 1.82) is 0 Å². The third kappa shape index (κ3) is 4.88. The fraction of sp³-hybridized carbons (Fsp3) is 0.214. The third-order valence-corrected chi connectivity index (χ3v) is 5.87. The number of fused-ring (bicyclic) bond motifs is 1. The normalized spacial score (nSPS) is 11.4. The van der Waals surface area contributed by atoms with E-state index < -0.39 is 11.4 Å². The molecule has 0 saturated carbocycles. The van der Waals surface area contributed by atoms with Gasteiger partial charge in [-0.25, -0.2) is 4.79 Å². The van der Waals surface area contributed by atoms with Crippen molar-refractivity contribution in [2.75, 3.05) is 14.2 Å². The summed E-state index contributed by atoms with van der Waals surface area (Å²) in [5.74, 6) is 0.103. The molecule has 4 rings (SSSR count). The van der Waals surface area contributed by atoms with Crippen molar-refractivity contribution in [3.05, 3.63) is 87.0 Å². The highest BCUT2D eigenvalue weighted by molar-refractivity contribution is 6.31. The van der Waals surface area contributed by atoms with Gasteiger partial charge >= 0.3 is 5.97 Å². The van der Waals surface area contributed by atoms with Gasteiger partial charge in [0, 0.05) is 10.6 Å². The van der Waals surface area contributed by atoms with Crippen molar-refractivity contribution in [2.24, 2.45) is 0 Å². The van der Waals surface area contributed by atoms with Crippen LogP contribution in [-0.4, -0.2) is 20.2 Å². The molecule has 0 N–H and O–H groups in total. The molecule has 1 aromatic heterocycles. The number of halogens is 1. The molecule has 4 aromatic rings. The number of esters is 1. The van der Waals surface area contributed by atoms with Crippen LogP contribution in [-0.2, 0) is 5.41 Å². The minimum atomic E-state index is -0.680. The van der Waals surface area contributed by atoms with Crippen LogP contribution < -0.4 is 19.6 Å². The fourth-order valence-corrected chi connectivity index (χ4v) is 3.84. The van der Waals surface area contributed by atoms with Crippen molar-refractivity contribution in [1.82, 2.24) is 0 Å². The van der Waals surface area contributed by atoms with Gasteiger partial charge in [-0.15, -0.1) is 0 Å². The Labute approximate surface area is 208 Å². The van der Waals surface area contributed by atoms with Gasteiger partial charge in [-0.1, -0.05) is 44.5 Å². The third-order valence-electron chi connectivity index (χ3n) is 5.64. The smallest absolute Gasteiger partial charge is 0.343 e. The van der Waals surface area contributed by atoms with E-state index >= 15 is 0 Å². The molecule has 0 aliphatic rings. The topological polar surface area (TPSA) is 75.0 Å². The lowest BCUT2D eigenvalue weighted by atomic mass is 9.87. The Kier molecular flexibility index (Phi) is 6.59. The van der Waals surface area contributed by atoms with Gasteiger partial charge in [-0.2, -0.15) is 0 Å². The van der Waals surface area contributed by atoms with E-state index in [2.05, 4.69) is 20.8 Å². The van der Waals surface area contributed by atoms with E-state index in [9.17, 15) is 9.59 Å². The number of benzene rings is 3. The highest BCUT2D eigenvalue weighted by atomic mass is 35.5. The molecule has 1 heterocycles. The quantitative estimate of drug-likeness (QED) is 0.290. The van der Waals surface area contributed by atoms with Gasteiger partial charge in [0.2, 0.25) is 11.2 Å². The highest BCUT2D eigenvalue weighted by Crippen LogP contribution is 2.37. The summed E-state index contributed by atoms with van der Waals surface area (Å²) in [5, 5.41) is 0.561. The second kappa shape index (κ2) is 9.47. The van der Waals surface area contributed by atoms with Crippen molar-refractivity contribution < 1.29 is 23.4 Å². The second-order valence-electron chi connectivity index (χ2n) is 9.02. The summed E-state index contributed by atoms with van der Waals surface area (Å²) in [6.07, 6.45) is 0. The monoisotopic (exact) mass is 492 g/mol. The molecule has 180 valence electrons. The molecule has 0 bridgehead atoms. The summed E-state index contributed by atoms with van der Waals surface area (Å²) in [6.45, 7) is 6.25. The fourth-order valence-electron chi connectivity index (χ4n) is 3.67. The minimum absolute atomic E-state index is 0.0677. The molecule has 0 atom stereocenters. The van der Waals surface area contributed by atoms with Gasteiger partial charge in [0.15, 0.2) is 17.3 Å². The van der Waals surface area contributed by atoms with Gasteiger partial charge in [0.1, 0.15) is 5.58 Å². The van der Waals surface area contributed by atoms with Crippen LogP contribution in [0.3, 0.4) is 0 Å². The average Bonchev–Trinajstić information content (AvgIpc) is 2.85. The van der Waals surface area contributed by atoms with Gasteiger partial charge in [-0.3, -0.25) is 4.79 Å². The van der Waals surface area contributed by atoms with Crippen LogP contribution in [0.5, 0.6) is 17.2 Å². The lowest BCUT2D eigenvalue weighted by Gasteiger charge is -2.19. The standard InChI is InChI=1S/C28H25ClO6/c1-28(2,3)18-9-6-16(7-10-18)27(31)35-26-24(30)20-15-19(29)11-13-21(20)34-25(26)17-8-12-22(32-4)23(14-17)33-5/h6-15H,1-5H3.